The van der Waals surface area contributed by atoms with Crippen molar-refractivity contribution in [2.45, 2.75) is 12.7 Å². The van der Waals surface area contributed by atoms with Gasteiger partial charge in [-0.2, -0.15) is 17.0 Å². The molecule has 0 unspecified atom stereocenters. The van der Waals surface area contributed by atoms with Crippen molar-refractivity contribution in [1.29, 1.82) is 5.26 Å². The molecule has 0 aliphatic rings. The molecule has 1 aromatic rings. The summed E-state index contributed by atoms with van der Waals surface area (Å²) < 4.78 is 0. The molecule has 0 N–H and O–H groups in total. The molecule has 0 aliphatic carbocycles. The van der Waals surface area contributed by atoms with Gasteiger partial charge in [-0.15, -0.1) is 0 Å². The van der Waals surface area contributed by atoms with Crippen LogP contribution in [0, 0.1) is 18.3 Å². The molecule has 0 bridgehead atoms. The molecule has 12 heavy (non-hydrogen) atoms. The standard InChI is InChI=1S/C10H11NS/c1-8-3-4-9(6-11)5-10(8)7-12-2/h3-5H,7H2,1-2H3. The van der Waals surface area contributed by atoms with Crippen LogP contribution in [0.4, 0.5) is 0 Å². The number of benzene rings is 1. The van der Waals surface area contributed by atoms with Crippen molar-refractivity contribution in [3.63, 3.8) is 0 Å². The topological polar surface area (TPSA) is 23.8 Å². The SMILES string of the molecule is CSCc1cc(C#N)ccc1C. The Morgan fingerprint density at radius 2 is 2.25 bits per heavy atom. The third kappa shape index (κ3) is 2.02. The summed E-state index contributed by atoms with van der Waals surface area (Å²) in [6.07, 6.45) is 2.07. The lowest BCUT2D eigenvalue weighted by molar-refractivity contribution is 1.30. The molecule has 62 valence electrons. The number of nitrogens with zero attached hydrogens (tertiary/aromatic N) is 1. The van der Waals surface area contributed by atoms with E-state index in [9.17, 15) is 0 Å². The number of thioether (sulfide) groups is 1. The van der Waals surface area contributed by atoms with Crippen LogP contribution in [-0.2, 0) is 5.75 Å². The lowest BCUT2D eigenvalue weighted by Gasteiger charge is -2.02. The molecule has 0 spiro atoms. The predicted molar refractivity (Wildman–Crippen MR) is 53.1 cm³/mol. The minimum atomic E-state index is 0.754. The number of hydrogen-bond acceptors (Lipinski definition) is 2. The van der Waals surface area contributed by atoms with Gasteiger partial charge in [0.1, 0.15) is 0 Å². The molecule has 1 aromatic carbocycles. The Morgan fingerprint density at radius 1 is 1.50 bits per heavy atom. The van der Waals surface area contributed by atoms with Crippen molar-refractivity contribution >= 4 is 11.8 Å². The monoisotopic (exact) mass is 177 g/mol. The Balaban J connectivity index is 3.01. The van der Waals surface area contributed by atoms with Crippen LogP contribution >= 0.6 is 11.8 Å². The Labute approximate surface area is 77.4 Å². The second kappa shape index (κ2) is 4.18. The van der Waals surface area contributed by atoms with E-state index in [1.54, 1.807) is 11.8 Å². The van der Waals surface area contributed by atoms with Crippen molar-refractivity contribution in [2.75, 3.05) is 6.26 Å². The van der Waals surface area contributed by atoms with Crippen LogP contribution in [0.2, 0.25) is 0 Å². The zero-order valence-corrected chi connectivity index (χ0v) is 8.11. The predicted octanol–water partition coefficient (Wildman–Crippen LogP) is 2.73. The Hall–Kier alpha value is -0.940. The van der Waals surface area contributed by atoms with E-state index in [0.29, 0.717) is 0 Å². The van der Waals surface area contributed by atoms with Crippen molar-refractivity contribution in [2.24, 2.45) is 0 Å². The van der Waals surface area contributed by atoms with Gasteiger partial charge in [0.2, 0.25) is 0 Å². The minimum absolute atomic E-state index is 0.754. The van der Waals surface area contributed by atoms with Crippen LogP contribution in [-0.4, -0.2) is 6.26 Å². The summed E-state index contributed by atoms with van der Waals surface area (Å²) in [5, 5.41) is 8.66. The summed E-state index contributed by atoms with van der Waals surface area (Å²) in [5.41, 5.74) is 3.29. The average Bonchev–Trinajstić information content (AvgIpc) is 2.09. The van der Waals surface area contributed by atoms with E-state index in [2.05, 4.69) is 19.2 Å². The first-order valence-corrected chi connectivity index (χ1v) is 5.16. The smallest absolute Gasteiger partial charge is 0.0991 e. The highest BCUT2D eigenvalue weighted by Gasteiger charge is 1.98. The summed E-state index contributed by atoms with van der Waals surface area (Å²) in [4.78, 5) is 0. The first-order valence-electron chi connectivity index (χ1n) is 3.76. The minimum Gasteiger partial charge on any atom is -0.192 e. The van der Waals surface area contributed by atoms with Crippen LogP contribution < -0.4 is 0 Å². The average molecular weight is 177 g/mol. The van der Waals surface area contributed by atoms with Gasteiger partial charge in [-0.3, -0.25) is 0 Å². The van der Waals surface area contributed by atoms with Crippen LogP contribution in [0.5, 0.6) is 0 Å². The zero-order chi connectivity index (χ0) is 8.97. The Morgan fingerprint density at radius 3 is 2.83 bits per heavy atom. The largest absolute Gasteiger partial charge is 0.192 e. The van der Waals surface area contributed by atoms with Gasteiger partial charge in [0.25, 0.3) is 0 Å². The number of hydrogen-bond donors (Lipinski definition) is 0. The molecule has 0 saturated carbocycles. The van der Waals surface area contributed by atoms with Gasteiger partial charge in [-0.05, 0) is 36.4 Å². The summed E-state index contributed by atoms with van der Waals surface area (Å²) in [7, 11) is 0. The fraction of sp³-hybridized carbons (Fsp3) is 0.300. The van der Waals surface area contributed by atoms with E-state index in [1.807, 2.05) is 18.2 Å². The van der Waals surface area contributed by atoms with Gasteiger partial charge in [-0.1, -0.05) is 6.07 Å². The normalized spacial score (nSPS) is 9.42. The quantitative estimate of drug-likeness (QED) is 0.693. The maximum absolute atomic E-state index is 8.66. The maximum Gasteiger partial charge on any atom is 0.0991 e. The van der Waals surface area contributed by atoms with E-state index in [-0.39, 0.29) is 0 Å². The van der Waals surface area contributed by atoms with E-state index >= 15 is 0 Å². The molecule has 1 rings (SSSR count). The van der Waals surface area contributed by atoms with Crippen LogP contribution in [0.1, 0.15) is 16.7 Å². The van der Waals surface area contributed by atoms with Gasteiger partial charge in [0.05, 0.1) is 11.6 Å². The highest BCUT2D eigenvalue weighted by molar-refractivity contribution is 7.97. The molecule has 0 saturated heterocycles. The summed E-state index contributed by atoms with van der Waals surface area (Å²) in [5.74, 6) is 0.987. The van der Waals surface area contributed by atoms with E-state index in [0.717, 1.165) is 11.3 Å². The summed E-state index contributed by atoms with van der Waals surface area (Å²) in [6, 6.07) is 7.97. The van der Waals surface area contributed by atoms with Crippen molar-refractivity contribution < 1.29 is 0 Å². The van der Waals surface area contributed by atoms with Gasteiger partial charge in [-0.25, -0.2) is 0 Å². The number of aryl methyl sites for hydroxylation is 1. The lowest BCUT2D eigenvalue weighted by atomic mass is 10.1. The molecule has 0 heterocycles. The van der Waals surface area contributed by atoms with E-state index in [4.69, 9.17) is 5.26 Å². The van der Waals surface area contributed by atoms with Crippen molar-refractivity contribution in [3.8, 4) is 6.07 Å². The molecule has 0 radical (unpaired) electrons. The first-order chi connectivity index (χ1) is 5.77. The fourth-order valence-electron chi connectivity index (χ4n) is 1.05. The highest BCUT2D eigenvalue weighted by Crippen LogP contribution is 2.15. The molecule has 0 aromatic heterocycles. The van der Waals surface area contributed by atoms with Crippen molar-refractivity contribution in [3.05, 3.63) is 34.9 Å². The van der Waals surface area contributed by atoms with Gasteiger partial charge >= 0.3 is 0 Å². The molecular weight excluding hydrogens is 166 g/mol. The van der Waals surface area contributed by atoms with Gasteiger partial charge < -0.3 is 0 Å². The van der Waals surface area contributed by atoms with Crippen molar-refractivity contribution in [1.82, 2.24) is 0 Å². The zero-order valence-electron chi connectivity index (χ0n) is 7.29. The van der Waals surface area contributed by atoms with Gasteiger partial charge in [0, 0.05) is 5.75 Å². The Kier molecular flexibility index (Phi) is 3.19. The maximum atomic E-state index is 8.66. The fourth-order valence-corrected chi connectivity index (χ4v) is 1.67. The second-order valence-electron chi connectivity index (χ2n) is 2.69. The number of rotatable bonds is 2. The molecule has 0 aliphatic heterocycles. The molecular formula is C10H11NS. The third-order valence-electron chi connectivity index (χ3n) is 1.78. The van der Waals surface area contributed by atoms with Crippen LogP contribution in [0.3, 0.4) is 0 Å². The summed E-state index contributed by atoms with van der Waals surface area (Å²) in [6.45, 7) is 2.08. The van der Waals surface area contributed by atoms with E-state index in [1.165, 1.54) is 11.1 Å². The Bertz CT molecular complexity index is 312. The molecule has 2 heteroatoms. The molecule has 1 nitrogen and oxygen atoms in total. The lowest BCUT2D eigenvalue weighted by Crippen LogP contribution is -1.87. The third-order valence-corrected chi connectivity index (χ3v) is 2.38. The second-order valence-corrected chi connectivity index (χ2v) is 3.55. The molecule has 0 amide bonds. The van der Waals surface area contributed by atoms with Crippen LogP contribution in [0.25, 0.3) is 0 Å². The van der Waals surface area contributed by atoms with Gasteiger partial charge in [0.15, 0.2) is 0 Å². The summed E-state index contributed by atoms with van der Waals surface area (Å²) >= 11 is 1.78. The van der Waals surface area contributed by atoms with E-state index < -0.39 is 0 Å². The molecule has 0 fully saturated rings. The van der Waals surface area contributed by atoms with Crippen LogP contribution in [0.15, 0.2) is 18.2 Å². The number of nitriles is 1. The highest BCUT2D eigenvalue weighted by atomic mass is 32.2. The first kappa shape index (κ1) is 9.15. The molecule has 0 atom stereocenters.